The number of carbonyl (C=O) groups excluding carboxylic acids is 1. The van der Waals surface area contributed by atoms with E-state index in [2.05, 4.69) is 31.9 Å². The largest absolute Gasteiger partial charge is 0.360 e. The third-order valence-electron chi connectivity index (χ3n) is 5.68. The lowest BCUT2D eigenvalue weighted by atomic mass is 10.1. The molecule has 1 amide bonds. The molecule has 0 saturated heterocycles. The van der Waals surface area contributed by atoms with Crippen molar-refractivity contribution in [2.75, 3.05) is 7.05 Å². The van der Waals surface area contributed by atoms with Crippen LogP contribution >= 0.6 is 11.8 Å². The van der Waals surface area contributed by atoms with E-state index in [1.54, 1.807) is 4.90 Å². The Morgan fingerprint density at radius 2 is 1.90 bits per heavy atom. The van der Waals surface area contributed by atoms with Gasteiger partial charge in [-0.15, -0.1) is 10.2 Å². The molecule has 0 radical (unpaired) electrons. The van der Waals surface area contributed by atoms with E-state index < -0.39 is 0 Å². The van der Waals surface area contributed by atoms with Gasteiger partial charge in [-0.3, -0.25) is 9.36 Å². The number of hydrogen-bond acceptors (Lipinski definition) is 4. The van der Waals surface area contributed by atoms with Gasteiger partial charge in [0.15, 0.2) is 11.0 Å². The number of nitrogens with zero attached hydrogens (tertiary/aromatic N) is 4. The second-order valence-electron chi connectivity index (χ2n) is 8.10. The molecule has 1 saturated carbocycles. The molecule has 158 valence electrons. The first kappa shape index (κ1) is 19.9. The minimum absolute atomic E-state index is 0.0906. The van der Waals surface area contributed by atoms with E-state index >= 15 is 0 Å². The standard InChI is InChI=1S/C24H25N5OS/c1-16(23(30)28(2)15-17-8-4-3-5-9-17)31-24-27-26-22(29(24)18-12-13-18)20-14-25-21-11-7-6-10-19(20)21/h3-11,14,16,18,25H,12-13,15H2,1-2H3. The van der Waals surface area contributed by atoms with Crippen LogP contribution in [0.1, 0.15) is 31.4 Å². The highest BCUT2D eigenvalue weighted by molar-refractivity contribution is 8.00. The molecule has 2 heterocycles. The topological polar surface area (TPSA) is 66.8 Å². The van der Waals surface area contributed by atoms with Crippen LogP contribution in [0.25, 0.3) is 22.3 Å². The molecule has 1 N–H and O–H groups in total. The second kappa shape index (κ2) is 8.23. The van der Waals surface area contributed by atoms with Gasteiger partial charge in [-0.2, -0.15) is 0 Å². The molecule has 4 aromatic rings. The van der Waals surface area contributed by atoms with Crippen molar-refractivity contribution in [2.45, 2.75) is 42.8 Å². The summed E-state index contributed by atoms with van der Waals surface area (Å²) in [4.78, 5) is 18.1. The maximum absolute atomic E-state index is 13.0. The minimum atomic E-state index is -0.244. The van der Waals surface area contributed by atoms with Crippen LogP contribution in [-0.4, -0.2) is 42.9 Å². The summed E-state index contributed by atoms with van der Waals surface area (Å²) in [7, 11) is 1.86. The quantitative estimate of drug-likeness (QED) is 0.423. The van der Waals surface area contributed by atoms with Crippen molar-refractivity contribution in [1.82, 2.24) is 24.6 Å². The lowest BCUT2D eigenvalue weighted by Crippen LogP contribution is -2.33. The van der Waals surface area contributed by atoms with E-state index in [0.29, 0.717) is 12.6 Å². The molecule has 6 nitrogen and oxygen atoms in total. The molecule has 31 heavy (non-hydrogen) atoms. The van der Waals surface area contributed by atoms with Crippen molar-refractivity contribution in [2.24, 2.45) is 0 Å². The smallest absolute Gasteiger partial charge is 0.235 e. The third-order valence-corrected chi connectivity index (χ3v) is 6.72. The summed E-state index contributed by atoms with van der Waals surface area (Å²) in [6, 6.07) is 18.7. The van der Waals surface area contributed by atoms with Crippen LogP contribution < -0.4 is 0 Å². The van der Waals surface area contributed by atoms with Crippen molar-refractivity contribution in [3.05, 3.63) is 66.4 Å². The predicted molar refractivity (Wildman–Crippen MR) is 124 cm³/mol. The van der Waals surface area contributed by atoms with Gasteiger partial charge in [0.2, 0.25) is 5.91 Å². The Morgan fingerprint density at radius 1 is 1.16 bits per heavy atom. The summed E-state index contributed by atoms with van der Waals surface area (Å²) in [6.45, 7) is 2.55. The fraction of sp³-hybridized carbons (Fsp3) is 0.292. The van der Waals surface area contributed by atoms with Crippen LogP contribution in [0.3, 0.4) is 0 Å². The van der Waals surface area contributed by atoms with E-state index in [0.717, 1.165) is 45.9 Å². The van der Waals surface area contributed by atoms with E-state index in [1.807, 2.05) is 62.6 Å². The van der Waals surface area contributed by atoms with Crippen molar-refractivity contribution >= 4 is 28.6 Å². The Kier molecular flexibility index (Phi) is 5.28. The van der Waals surface area contributed by atoms with Gasteiger partial charge in [-0.1, -0.05) is 60.3 Å². The molecule has 2 aromatic heterocycles. The Labute approximate surface area is 185 Å². The summed E-state index contributed by atoms with van der Waals surface area (Å²) in [5, 5.41) is 10.8. The highest BCUT2D eigenvalue weighted by atomic mass is 32.2. The SMILES string of the molecule is CC(Sc1nnc(-c2c[nH]c3ccccc23)n1C1CC1)C(=O)N(C)Cc1ccccc1. The number of para-hydroxylation sites is 1. The van der Waals surface area contributed by atoms with Crippen molar-refractivity contribution in [3.63, 3.8) is 0 Å². The molecule has 1 unspecified atom stereocenters. The number of nitrogens with one attached hydrogen (secondary N) is 1. The van der Waals surface area contributed by atoms with Gasteiger partial charge >= 0.3 is 0 Å². The number of H-pyrrole nitrogens is 1. The number of aromatic nitrogens is 4. The van der Waals surface area contributed by atoms with Crippen LogP contribution in [0, 0.1) is 0 Å². The molecule has 1 fully saturated rings. The summed E-state index contributed by atoms with van der Waals surface area (Å²) in [5.74, 6) is 0.965. The van der Waals surface area contributed by atoms with Crippen LogP contribution in [0.15, 0.2) is 66.0 Å². The first-order chi connectivity index (χ1) is 15.1. The van der Waals surface area contributed by atoms with Crippen LogP contribution in [0.4, 0.5) is 0 Å². The first-order valence-corrected chi connectivity index (χ1v) is 11.5. The summed E-state index contributed by atoms with van der Waals surface area (Å²) in [6.07, 6.45) is 4.25. The zero-order valence-corrected chi connectivity index (χ0v) is 18.5. The van der Waals surface area contributed by atoms with E-state index in [-0.39, 0.29) is 11.2 Å². The van der Waals surface area contributed by atoms with Gasteiger partial charge in [0.25, 0.3) is 0 Å². The zero-order valence-electron chi connectivity index (χ0n) is 17.7. The monoisotopic (exact) mass is 431 g/mol. The van der Waals surface area contributed by atoms with Gasteiger partial charge in [-0.05, 0) is 31.4 Å². The van der Waals surface area contributed by atoms with Gasteiger partial charge in [0.1, 0.15) is 0 Å². The normalized spacial score (nSPS) is 14.6. The third kappa shape index (κ3) is 3.97. The molecular weight excluding hydrogens is 406 g/mol. The minimum Gasteiger partial charge on any atom is -0.360 e. The first-order valence-electron chi connectivity index (χ1n) is 10.6. The Hall–Kier alpha value is -3.06. The fourth-order valence-electron chi connectivity index (χ4n) is 3.91. The van der Waals surface area contributed by atoms with Gasteiger partial charge in [0, 0.05) is 42.3 Å². The number of benzene rings is 2. The van der Waals surface area contributed by atoms with Crippen molar-refractivity contribution in [1.29, 1.82) is 0 Å². The maximum atomic E-state index is 13.0. The van der Waals surface area contributed by atoms with E-state index in [1.165, 1.54) is 11.8 Å². The van der Waals surface area contributed by atoms with Crippen molar-refractivity contribution in [3.8, 4) is 11.4 Å². The van der Waals surface area contributed by atoms with E-state index in [4.69, 9.17) is 0 Å². The number of fused-ring (bicyclic) bond motifs is 1. The maximum Gasteiger partial charge on any atom is 0.235 e. The number of carbonyl (C=O) groups is 1. The summed E-state index contributed by atoms with van der Waals surface area (Å²) < 4.78 is 2.22. The Morgan fingerprint density at radius 3 is 2.68 bits per heavy atom. The predicted octanol–water partition coefficient (Wildman–Crippen LogP) is 4.90. The number of thioether (sulfide) groups is 1. The number of rotatable bonds is 7. The highest BCUT2D eigenvalue weighted by Gasteiger charge is 2.32. The Bertz CT molecular complexity index is 1210. The highest BCUT2D eigenvalue weighted by Crippen LogP contribution is 2.42. The average molecular weight is 432 g/mol. The van der Waals surface area contributed by atoms with Crippen molar-refractivity contribution < 1.29 is 4.79 Å². The molecule has 0 aliphatic heterocycles. The molecule has 2 aromatic carbocycles. The van der Waals surface area contributed by atoms with Crippen LogP contribution in [0.5, 0.6) is 0 Å². The number of hydrogen-bond donors (Lipinski definition) is 1. The lowest BCUT2D eigenvalue weighted by Gasteiger charge is -2.21. The van der Waals surface area contributed by atoms with Gasteiger partial charge < -0.3 is 9.88 Å². The van der Waals surface area contributed by atoms with Crippen LogP contribution in [-0.2, 0) is 11.3 Å². The van der Waals surface area contributed by atoms with Gasteiger partial charge in [0.05, 0.1) is 5.25 Å². The molecule has 1 aliphatic carbocycles. The second-order valence-corrected chi connectivity index (χ2v) is 9.40. The number of aromatic amines is 1. The zero-order chi connectivity index (χ0) is 21.4. The average Bonchev–Trinajstić information content (AvgIpc) is 3.41. The summed E-state index contributed by atoms with van der Waals surface area (Å²) in [5.41, 5.74) is 3.27. The molecule has 1 aliphatic rings. The van der Waals surface area contributed by atoms with Gasteiger partial charge in [-0.25, -0.2) is 0 Å². The summed E-state index contributed by atoms with van der Waals surface area (Å²) >= 11 is 1.50. The molecule has 0 spiro atoms. The Balaban J connectivity index is 1.38. The molecule has 7 heteroatoms. The number of amides is 1. The van der Waals surface area contributed by atoms with E-state index in [9.17, 15) is 4.79 Å². The molecule has 0 bridgehead atoms. The fourth-order valence-corrected chi connectivity index (χ4v) is 4.95. The molecular formula is C24H25N5OS. The van der Waals surface area contributed by atoms with Crippen LogP contribution in [0.2, 0.25) is 0 Å². The lowest BCUT2D eigenvalue weighted by molar-refractivity contribution is -0.129. The molecule has 1 atom stereocenters. The molecule has 5 rings (SSSR count).